The Morgan fingerprint density at radius 1 is 1.29 bits per heavy atom. The maximum atomic E-state index is 13.1. The fourth-order valence-electron chi connectivity index (χ4n) is 6.92. The largest absolute Gasteiger partial charge is 0.393 e. The van der Waals surface area contributed by atoms with Gasteiger partial charge in [-0.15, -0.1) is 0 Å². The lowest BCUT2D eigenvalue weighted by Crippen LogP contribution is -2.60. The third-order valence-electron chi connectivity index (χ3n) is 8.37. The highest BCUT2D eigenvalue weighted by Gasteiger charge is 2.73. The van der Waals surface area contributed by atoms with Crippen LogP contribution in [0.4, 0.5) is 0 Å². The van der Waals surface area contributed by atoms with Crippen molar-refractivity contribution in [3.05, 3.63) is 23.8 Å². The van der Waals surface area contributed by atoms with Gasteiger partial charge in [-0.2, -0.15) is 0 Å². The lowest BCUT2D eigenvalue weighted by molar-refractivity contribution is -0.186. The first-order valence-electron chi connectivity index (χ1n) is 11.8. The van der Waals surface area contributed by atoms with E-state index in [-0.39, 0.29) is 35.4 Å². The molecule has 0 bridgehead atoms. The number of Topliss-reactive ketones (excluding diaryl/α,β-unsaturated/α-hetero) is 1. The predicted octanol–water partition coefficient (Wildman–Crippen LogP) is 3.11. The van der Waals surface area contributed by atoms with Crippen LogP contribution in [0.15, 0.2) is 23.8 Å². The van der Waals surface area contributed by atoms with Crippen molar-refractivity contribution < 1.29 is 29.3 Å². The van der Waals surface area contributed by atoms with E-state index in [0.717, 1.165) is 24.8 Å². The molecule has 0 aromatic heterocycles. The maximum absolute atomic E-state index is 13.1. The molecule has 0 amide bonds. The topological polar surface area (TPSA) is 93.1 Å². The number of aliphatic hydroxyl groups excluding tert-OH is 2. The summed E-state index contributed by atoms with van der Waals surface area (Å²) in [6.07, 6.45) is 9.05. The minimum absolute atomic E-state index is 0.0354. The van der Waals surface area contributed by atoms with Crippen molar-refractivity contribution in [2.24, 2.45) is 23.2 Å². The smallest absolute Gasteiger partial charge is 0.193 e. The van der Waals surface area contributed by atoms with E-state index in [4.69, 9.17) is 9.47 Å². The van der Waals surface area contributed by atoms with E-state index in [1.807, 2.05) is 19.9 Å². The number of allylic oxidation sites excluding steroid dienone is 4. The third-order valence-corrected chi connectivity index (χ3v) is 8.37. The molecule has 8 unspecified atom stereocenters. The van der Waals surface area contributed by atoms with Gasteiger partial charge in [-0.3, -0.25) is 9.59 Å². The van der Waals surface area contributed by atoms with Crippen LogP contribution in [0, 0.1) is 23.2 Å². The van der Waals surface area contributed by atoms with Gasteiger partial charge in [0.05, 0.1) is 12.2 Å². The molecule has 1 aliphatic heterocycles. The number of fused-ring (bicyclic) bond motifs is 3. The highest BCUT2D eigenvalue weighted by atomic mass is 16.7. The fraction of sp³-hybridized carbons (Fsp3) is 0.760. The summed E-state index contributed by atoms with van der Waals surface area (Å²) in [7, 11) is 0. The van der Waals surface area contributed by atoms with Crippen molar-refractivity contribution in [3.8, 4) is 0 Å². The van der Waals surface area contributed by atoms with Crippen LogP contribution < -0.4 is 0 Å². The molecule has 3 fully saturated rings. The highest BCUT2D eigenvalue weighted by Crippen LogP contribution is 2.65. The Balaban J connectivity index is 1.59. The molecule has 0 spiro atoms. The number of ether oxygens (including phenoxy) is 2. The number of carbonyl (C=O) groups is 2. The summed E-state index contributed by atoms with van der Waals surface area (Å²) in [6, 6.07) is 0. The molecule has 2 saturated carbocycles. The Bertz CT molecular complexity index is 787. The van der Waals surface area contributed by atoms with Gasteiger partial charge in [0.25, 0.3) is 0 Å². The molecule has 31 heavy (non-hydrogen) atoms. The molecule has 3 aliphatic carbocycles. The Morgan fingerprint density at radius 3 is 2.77 bits per heavy atom. The van der Waals surface area contributed by atoms with Gasteiger partial charge in [-0.05, 0) is 68.4 Å². The molecule has 8 atom stereocenters. The summed E-state index contributed by atoms with van der Waals surface area (Å²) in [5.74, 6) is 0.310. The maximum Gasteiger partial charge on any atom is 0.193 e. The van der Waals surface area contributed by atoms with Gasteiger partial charge in [0, 0.05) is 5.41 Å². The minimum atomic E-state index is -1.19. The first-order valence-corrected chi connectivity index (χ1v) is 11.8. The summed E-state index contributed by atoms with van der Waals surface area (Å²) in [4.78, 5) is 25.0. The van der Waals surface area contributed by atoms with Crippen LogP contribution in [0.25, 0.3) is 0 Å². The lowest BCUT2D eigenvalue weighted by atomic mass is 9.57. The second-order valence-electron chi connectivity index (χ2n) is 10.2. The van der Waals surface area contributed by atoms with Crippen molar-refractivity contribution in [1.82, 2.24) is 0 Å². The summed E-state index contributed by atoms with van der Waals surface area (Å²) >= 11 is 0. The standard InChI is InChI=1S/C25H36O6/c1-4-5-23-30-22-12-20-17(8-7-16-10-18(27)9-6-15(16)2)11-19(28)13-24(20,3)25(22,31-23)21(29)14-26/h6,9-10,15,17,19-20,22-23,26,28H,4-5,7-8,11-14H2,1-3H3. The Labute approximate surface area is 184 Å². The molecule has 1 saturated heterocycles. The van der Waals surface area contributed by atoms with Crippen LogP contribution in [0.2, 0.25) is 0 Å². The normalized spacial score (nSPS) is 44.2. The molecule has 0 aromatic rings. The Morgan fingerprint density at radius 2 is 2.06 bits per heavy atom. The molecule has 6 nitrogen and oxygen atoms in total. The van der Waals surface area contributed by atoms with Crippen LogP contribution in [0.5, 0.6) is 0 Å². The number of ketones is 2. The van der Waals surface area contributed by atoms with Crippen LogP contribution in [0.1, 0.15) is 65.7 Å². The monoisotopic (exact) mass is 432 g/mol. The van der Waals surface area contributed by atoms with E-state index in [0.29, 0.717) is 25.7 Å². The van der Waals surface area contributed by atoms with Gasteiger partial charge in [0.1, 0.15) is 6.61 Å². The molecule has 4 rings (SSSR count). The zero-order chi connectivity index (χ0) is 22.4. The van der Waals surface area contributed by atoms with Crippen LogP contribution >= 0.6 is 0 Å². The summed E-state index contributed by atoms with van der Waals surface area (Å²) in [6.45, 7) is 5.61. The average molecular weight is 433 g/mol. The number of rotatable bonds is 7. The molecule has 0 radical (unpaired) electrons. The van der Waals surface area contributed by atoms with E-state index in [1.165, 1.54) is 0 Å². The molecule has 172 valence electrons. The number of hydrogen-bond donors (Lipinski definition) is 2. The number of hydrogen-bond acceptors (Lipinski definition) is 6. The Hall–Kier alpha value is -1.34. The Kier molecular flexibility index (Phi) is 6.29. The van der Waals surface area contributed by atoms with Crippen LogP contribution in [0.3, 0.4) is 0 Å². The van der Waals surface area contributed by atoms with Gasteiger partial charge in [0.2, 0.25) is 0 Å². The summed E-state index contributed by atoms with van der Waals surface area (Å²) in [5, 5.41) is 20.7. The summed E-state index contributed by atoms with van der Waals surface area (Å²) in [5.41, 5.74) is -0.656. The van der Waals surface area contributed by atoms with E-state index in [9.17, 15) is 19.8 Å². The van der Waals surface area contributed by atoms with Crippen molar-refractivity contribution in [2.75, 3.05) is 6.61 Å². The highest BCUT2D eigenvalue weighted by molar-refractivity contribution is 6.00. The van der Waals surface area contributed by atoms with E-state index in [1.54, 1.807) is 12.2 Å². The SMILES string of the molecule is CCCC1OC2CC3C(CCC4=CC(=O)C=CC4C)CC(O)CC3(C)C2(C(=O)CO)O1. The number of carbonyl (C=O) groups excluding carboxylic acids is 2. The van der Waals surface area contributed by atoms with Crippen molar-refractivity contribution in [2.45, 2.75) is 89.8 Å². The first-order chi connectivity index (χ1) is 14.7. The van der Waals surface area contributed by atoms with Crippen molar-refractivity contribution in [1.29, 1.82) is 0 Å². The van der Waals surface area contributed by atoms with Gasteiger partial charge in [-0.1, -0.05) is 38.8 Å². The zero-order valence-electron chi connectivity index (χ0n) is 18.9. The van der Waals surface area contributed by atoms with Gasteiger partial charge in [0.15, 0.2) is 23.5 Å². The fourth-order valence-corrected chi connectivity index (χ4v) is 6.92. The van der Waals surface area contributed by atoms with Gasteiger partial charge in [-0.25, -0.2) is 0 Å². The van der Waals surface area contributed by atoms with Crippen LogP contribution in [-0.2, 0) is 19.1 Å². The summed E-state index contributed by atoms with van der Waals surface area (Å²) < 4.78 is 12.6. The minimum Gasteiger partial charge on any atom is -0.393 e. The molecular weight excluding hydrogens is 396 g/mol. The molecule has 6 heteroatoms. The van der Waals surface area contributed by atoms with Crippen molar-refractivity contribution >= 4 is 11.6 Å². The quantitative estimate of drug-likeness (QED) is 0.642. The second kappa shape index (κ2) is 8.54. The second-order valence-corrected chi connectivity index (χ2v) is 10.2. The molecule has 1 heterocycles. The molecule has 4 aliphatic rings. The van der Waals surface area contributed by atoms with Gasteiger partial charge < -0.3 is 19.7 Å². The zero-order valence-corrected chi connectivity index (χ0v) is 18.9. The third kappa shape index (κ3) is 3.65. The molecule has 2 N–H and O–H groups in total. The van der Waals surface area contributed by atoms with E-state index in [2.05, 4.69) is 6.92 Å². The average Bonchev–Trinajstić information content (AvgIpc) is 3.20. The van der Waals surface area contributed by atoms with E-state index >= 15 is 0 Å². The van der Waals surface area contributed by atoms with Crippen LogP contribution in [-0.4, -0.2) is 52.5 Å². The van der Waals surface area contributed by atoms with Gasteiger partial charge >= 0.3 is 0 Å². The van der Waals surface area contributed by atoms with Crippen molar-refractivity contribution in [3.63, 3.8) is 0 Å². The first kappa shape index (κ1) is 22.8. The predicted molar refractivity (Wildman–Crippen MR) is 115 cm³/mol. The number of aliphatic hydroxyl groups is 2. The lowest BCUT2D eigenvalue weighted by Gasteiger charge is -2.50. The van der Waals surface area contributed by atoms with E-state index < -0.39 is 30.0 Å². The molecule has 0 aromatic carbocycles. The molecular formula is C25H36O6.